The third kappa shape index (κ3) is 4.98. The van der Waals surface area contributed by atoms with Crippen LogP contribution in [-0.2, 0) is 16.0 Å². The van der Waals surface area contributed by atoms with Crippen LogP contribution < -0.4 is 9.47 Å². The van der Waals surface area contributed by atoms with Crippen molar-refractivity contribution in [1.82, 2.24) is 0 Å². The summed E-state index contributed by atoms with van der Waals surface area (Å²) in [7, 11) is 1.40. The highest BCUT2D eigenvalue weighted by molar-refractivity contribution is 6.05. The Morgan fingerprint density at radius 3 is 2.32 bits per heavy atom. The lowest BCUT2D eigenvalue weighted by molar-refractivity contribution is -0.148. The van der Waals surface area contributed by atoms with Gasteiger partial charge in [-0.2, -0.15) is 0 Å². The predicted molar refractivity (Wildman–Crippen MR) is 118 cm³/mol. The molecule has 1 N–H and O–H groups in total. The summed E-state index contributed by atoms with van der Waals surface area (Å²) in [5, 5.41) is 11.2. The number of fused-ring (bicyclic) bond motifs is 3. The van der Waals surface area contributed by atoms with E-state index in [1.807, 2.05) is 66.7 Å². The molecule has 0 aliphatic heterocycles. The minimum Gasteiger partial charge on any atom is -0.493 e. The molecule has 31 heavy (non-hydrogen) atoms. The van der Waals surface area contributed by atoms with Gasteiger partial charge < -0.3 is 23.7 Å². The van der Waals surface area contributed by atoms with Gasteiger partial charge in [0, 0.05) is 30.7 Å². The summed E-state index contributed by atoms with van der Waals surface area (Å²) in [5.74, 6) is 0.566. The number of aliphatic carboxylic acids is 1. The summed E-state index contributed by atoms with van der Waals surface area (Å²) >= 11 is 0. The SMILES string of the molecule is COC(Cc1ccc(OCCCOc2ccc3oc4ccccc4c3c2)cc1)C(=O)O. The molecule has 0 saturated carbocycles. The molecular formula is C25H24O6. The van der Waals surface area contributed by atoms with E-state index in [9.17, 15) is 4.79 Å². The number of rotatable bonds is 10. The minimum absolute atomic E-state index is 0.316. The van der Waals surface area contributed by atoms with Gasteiger partial charge in [-0.25, -0.2) is 4.79 Å². The smallest absolute Gasteiger partial charge is 0.333 e. The molecule has 0 amide bonds. The molecule has 1 heterocycles. The van der Waals surface area contributed by atoms with E-state index in [0.29, 0.717) is 19.6 Å². The molecule has 160 valence electrons. The third-order valence-electron chi connectivity index (χ3n) is 5.08. The Morgan fingerprint density at radius 1 is 0.903 bits per heavy atom. The highest BCUT2D eigenvalue weighted by Crippen LogP contribution is 2.31. The third-order valence-corrected chi connectivity index (χ3v) is 5.08. The number of para-hydroxylation sites is 1. The van der Waals surface area contributed by atoms with Crippen molar-refractivity contribution < 1.29 is 28.5 Å². The van der Waals surface area contributed by atoms with E-state index in [-0.39, 0.29) is 0 Å². The van der Waals surface area contributed by atoms with Crippen molar-refractivity contribution >= 4 is 27.9 Å². The van der Waals surface area contributed by atoms with E-state index in [2.05, 4.69) is 0 Å². The molecule has 0 aliphatic rings. The van der Waals surface area contributed by atoms with E-state index in [1.54, 1.807) is 0 Å². The van der Waals surface area contributed by atoms with Gasteiger partial charge in [0.05, 0.1) is 13.2 Å². The fraction of sp³-hybridized carbons (Fsp3) is 0.240. The number of ether oxygens (including phenoxy) is 3. The van der Waals surface area contributed by atoms with Gasteiger partial charge in [-0.1, -0.05) is 30.3 Å². The van der Waals surface area contributed by atoms with Crippen molar-refractivity contribution in [3.8, 4) is 11.5 Å². The molecule has 0 radical (unpaired) electrons. The Labute approximate surface area is 179 Å². The average molecular weight is 420 g/mol. The van der Waals surface area contributed by atoms with Crippen LogP contribution in [0.4, 0.5) is 0 Å². The lowest BCUT2D eigenvalue weighted by Gasteiger charge is -2.11. The monoisotopic (exact) mass is 420 g/mol. The van der Waals surface area contributed by atoms with Gasteiger partial charge in [-0.3, -0.25) is 0 Å². The molecule has 4 aromatic rings. The van der Waals surface area contributed by atoms with Gasteiger partial charge in [0.25, 0.3) is 0 Å². The first kappa shape index (κ1) is 20.8. The quantitative estimate of drug-likeness (QED) is 0.361. The van der Waals surface area contributed by atoms with Crippen LogP contribution in [0.25, 0.3) is 21.9 Å². The first-order chi connectivity index (χ1) is 15.1. The largest absolute Gasteiger partial charge is 0.493 e. The Morgan fingerprint density at radius 2 is 1.58 bits per heavy atom. The van der Waals surface area contributed by atoms with E-state index < -0.39 is 12.1 Å². The molecule has 4 rings (SSSR count). The van der Waals surface area contributed by atoms with Gasteiger partial charge in [-0.15, -0.1) is 0 Å². The summed E-state index contributed by atoms with van der Waals surface area (Å²) < 4.78 is 22.4. The number of hydrogen-bond acceptors (Lipinski definition) is 5. The van der Waals surface area contributed by atoms with E-state index in [1.165, 1.54) is 7.11 Å². The second-order valence-electron chi connectivity index (χ2n) is 7.22. The van der Waals surface area contributed by atoms with Gasteiger partial charge in [0.15, 0.2) is 6.10 Å². The molecule has 0 aliphatic carbocycles. The fourth-order valence-electron chi connectivity index (χ4n) is 3.44. The lowest BCUT2D eigenvalue weighted by atomic mass is 10.1. The molecule has 6 heteroatoms. The number of methoxy groups -OCH3 is 1. The van der Waals surface area contributed by atoms with E-state index in [4.69, 9.17) is 23.7 Å². The van der Waals surface area contributed by atoms with Crippen molar-refractivity contribution in [3.05, 3.63) is 72.3 Å². The van der Waals surface area contributed by atoms with Crippen molar-refractivity contribution in [2.24, 2.45) is 0 Å². The lowest BCUT2D eigenvalue weighted by Crippen LogP contribution is -2.24. The molecule has 0 spiro atoms. The van der Waals surface area contributed by atoms with Gasteiger partial charge in [0.1, 0.15) is 22.7 Å². The molecule has 1 aromatic heterocycles. The Kier molecular flexibility index (Phi) is 6.38. The van der Waals surface area contributed by atoms with Crippen LogP contribution in [0.15, 0.2) is 71.1 Å². The van der Waals surface area contributed by atoms with Crippen molar-refractivity contribution in [3.63, 3.8) is 0 Å². The summed E-state index contributed by atoms with van der Waals surface area (Å²) in [6.07, 6.45) is 0.204. The summed E-state index contributed by atoms with van der Waals surface area (Å²) in [6.45, 7) is 1.06. The highest BCUT2D eigenvalue weighted by atomic mass is 16.5. The summed E-state index contributed by atoms with van der Waals surface area (Å²) in [4.78, 5) is 11.0. The number of hydrogen-bond donors (Lipinski definition) is 1. The first-order valence-corrected chi connectivity index (χ1v) is 10.2. The normalized spacial score (nSPS) is 12.2. The summed E-state index contributed by atoms with van der Waals surface area (Å²) in [5.41, 5.74) is 2.60. The molecule has 0 fully saturated rings. The number of carboxylic acid groups (broad SMARTS) is 1. The Balaban J connectivity index is 1.25. The van der Waals surface area contributed by atoms with Crippen LogP contribution in [0.3, 0.4) is 0 Å². The summed E-state index contributed by atoms with van der Waals surface area (Å²) in [6, 6.07) is 21.2. The predicted octanol–water partition coefficient (Wildman–Crippen LogP) is 5.08. The van der Waals surface area contributed by atoms with Crippen LogP contribution in [0.2, 0.25) is 0 Å². The fourth-order valence-corrected chi connectivity index (χ4v) is 3.44. The topological polar surface area (TPSA) is 78.1 Å². The molecule has 6 nitrogen and oxygen atoms in total. The van der Waals surface area contributed by atoms with Gasteiger partial charge in [-0.05, 0) is 42.0 Å². The molecular weight excluding hydrogens is 396 g/mol. The number of carbonyl (C=O) groups is 1. The maximum absolute atomic E-state index is 11.0. The van der Waals surface area contributed by atoms with Crippen LogP contribution >= 0.6 is 0 Å². The highest BCUT2D eigenvalue weighted by Gasteiger charge is 2.16. The van der Waals surface area contributed by atoms with Crippen LogP contribution in [0.5, 0.6) is 11.5 Å². The van der Waals surface area contributed by atoms with Crippen LogP contribution in [0, 0.1) is 0 Å². The molecule has 0 bridgehead atoms. The average Bonchev–Trinajstić information content (AvgIpc) is 3.16. The molecule has 3 aromatic carbocycles. The van der Waals surface area contributed by atoms with E-state index >= 15 is 0 Å². The zero-order chi connectivity index (χ0) is 21.6. The maximum Gasteiger partial charge on any atom is 0.333 e. The molecule has 1 unspecified atom stereocenters. The Bertz CT molecular complexity index is 1160. The molecule has 1 atom stereocenters. The Hall–Kier alpha value is -3.51. The van der Waals surface area contributed by atoms with Gasteiger partial charge in [0.2, 0.25) is 0 Å². The van der Waals surface area contributed by atoms with Crippen molar-refractivity contribution in [1.29, 1.82) is 0 Å². The van der Waals surface area contributed by atoms with Crippen molar-refractivity contribution in [2.45, 2.75) is 18.9 Å². The first-order valence-electron chi connectivity index (χ1n) is 10.2. The van der Waals surface area contributed by atoms with E-state index in [0.717, 1.165) is 45.4 Å². The number of benzene rings is 3. The number of carboxylic acids is 1. The van der Waals surface area contributed by atoms with Gasteiger partial charge >= 0.3 is 5.97 Å². The maximum atomic E-state index is 11.0. The van der Waals surface area contributed by atoms with Crippen LogP contribution in [-0.4, -0.2) is 37.5 Å². The molecule has 0 saturated heterocycles. The zero-order valence-corrected chi connectivity index (χ0v) is 17.2. The second kappa shape index (κ2) is 9.53. The minimum atomic E-state index is -0.970. The number of furan rings is 1. The van der Waals surface area contributed by atoms with Crippen LogP contribution in [0.1, 0.15) is 12.0 Å². The van der Waals surface area contributed by atoms with Crippen molar-refractivity contribution in [2.75, 3.05) is 20.3 Å². The zero-order valence-electron chi connectivity index (χ0n) is 17.2. The second-order valence-corrected chi connectivity index (χ2v) is 7.22. The standard InChI is InChI=1S/C25H24O6/c1-28-24(25(26)27)15-17-7-9-18(10-8-17)29-13-4-14-30-19-11-12-23-21(16-19)20-5-2-3-6-22(20)31-23/h2-3,5-12,16,24H,4,13-15H2,1H3,(H,26,27).